The van der Waals surface area contributed by atoms with Gasteiger partial charge < -0.3 is 20.3 Å². The Balaban J connectivity index is 1.24. The Bertz CT molecular complexity index is 1010. The second-order valence-corrected chi connectivity index (χ2v) is 8.64. The van der Waals surface area contributed by atoms with Gasteiger partial charge in [0.1, 0.15) is 5.75 Å². The summed E-state index contributed by atoms with van der Waals surface area (Å²) in [6, 6.07) is 26.7. The number of benzene rings is 3. The molecule has 1 aliphatic rings. The number of amides is 1. The summed E-state index contributed by atoms with van der Waals surface area (Å²) in [7, 11) is 1.69. The van der Waals surface area contributed by atoms with E-state index in [4.69, 9.17) is 4.74 Å². The molecular formula is C28H33N3O2. The largest absolute Gasteiger partial charge is 0.497 e. The van der Waals surface area contributed by atoms with Crippen LogP contribution in [0.25, 0.3) is 0 Å². The van der Waals surface area contributed by atoms with Crippen LogP contribution in [-0.4, -0.2) is 32.1 Å². The number of piperidine rings is 1. The van der Waals surface area contributed by atoms with E-state index in [1.807, 2.05) is 61.5 Å². The molecule has 172 valence electrons. The molecule has 5 nitrogen and oxygen atoms in total. The summed E-state index contributed by atoms with van der Waals surface area (Å²) in [5.41, 5.74) is 4.24. The first kappa shape index (κ1) is 22.9. The molecule has 0 radical (unpaired) electrons. The van der Waals surface area contributed by atoms with Crippen LogP contribution in [0.1, 0.15) is 47.3 Å². The number of hydrogen-bond donors (Lipinski definition) is 2. The van der Waals surface area contributed by atoms with E-state index in [2.05, 4.69) is 39.8 Å². The molecule has 3 aromatic rings. The quantitative estimate of drug-likeness (QED) is 0.518. The van der Waals surface area contributed by atoms with Gasteiger partial charge in [0.05, 0.1) is 13.2 Å². The summed E-state index contributed by atoms with van der Waals surface area (Å²) in [5, 5.41) is 6.77. The molecular weight excluding hydrogens is 410 g/mol. The number of carbonyl (C=O) groups is 1. The zero-order valence-corrected chi connectivity index (χ0v) is 19.5. The lowest BCUT2D eigenvalue weighted by molar-refractivity contribution is 0.0940. The van der Waals surface area contributed by atoms with E-state index >= 15 is 0 Å². The van der Waals surface area contributed by atoms with Crippen molar-refractivity contribution in [2.24, 2.45) is 0 Å². The average molecular weight is 444 g/mol. The highest BCUT2D eigenvalue weighted by Crippen LogP contribution is 2.22. The van der Waals surface area contributed by atoms with Crippen molar-refractivity contribution in [2.75, 3.05) is 25.1 Å². The molecule has 0 bridgehead atoms. The van der Waals surface area contributed by atoms with Crippen LogP contribution in [0.4, 0.5) is 5.69 Å². The standard InChI is InChI=1S/C28H33N3O2/c1-21(23-6-4-3-5-7-23)30-28(32)24-10-12-26(13-11-24)31-18-16-25(17-19-31)29-20-22-8-14-27(33-2)15-9-22/h3-15,21,25,29H,16-20H2,1-2H3,(H,30,32). The Hall–Kier alpha value is -3.31. The first-order valence-corrected chi connectivity index (χ1v) is 11.7. The number of anilines is 1. The topological polar surface area (TPSA) is 53.6 Å². The van der Waals surface area contributed by atoms with Crippen LogP contribution < -0.4 is 20.3 Å². The Morgan fingerprint density at radius 3 is 2.27 bits per heavy atom. The van der Waals surface area contributed by atoms with Gasteiger partial charge in [0.25, 0.3) is 5.91 Å². The monoisotopic (exact) mass is 443 g/mol. The first-order valence-electron chi connectivity index (χ1n) is 11.7. The maximum absolute atomic E-state index is 12.6. The minimum Gasteiger partial charge on any atom is -0.497 e. The van der Waals surface area contributed by atoms with Gasteiger partial charge in [-0.2, -0.15) is 0 Å². The van der Waals surface area contributed by atoms with Crippen molar-refractivity contribution >= 4 is 11.6 Å². The smallest absolute Gasteiger partial charge is 0.251 e. The highest BCUT2D eigenvalue weighted by molar-refractivity contribution is 5.94. The second kappa shape index (κ2) is 11.0. The van der Waals surface area contributed by atoms with Gasteiger partial charge in [0.2, 0.25) is 0 Å². The molecule has 4 rings (SSSR count). The molecule has 0 spiro atoms. The van der Waals surface area contributed by atoms with Crippen molar-refractivity contribution < 1.29 is 9.53 Å². The van der Waals surface area contributed by atoms with Crippen molar-refractivity contribution in [3.8, 4) is 5.75 Å². The Morgan fingerprint density at radius 2 is 1.64 bits per heavy atom. The number of hydrogen-bond acceptors (Lipinski definition) is 4. The molecule has 2 N–H and O–H groups in total. The van der Waals surface area contributed by atoms with Crippen molar-refractivity contribution in [3.05, 3.63) is 95.6 Å². The third kappa shape index (κ3) is 6.14. The molecule has 1 saturated heterocycles. The van der Waals surface area contributed by atoms with Crippen molar-refractivity contribution in [1.82, 2.24) is 10.6 Å². The minimum atomic E-state index is -0.0423. The molecule has 0 saturated carbocycles. The maximum atomic E-state index is 12.6. The van der Waals surface area contributed by atoms with Gasteiger partial charge in [0.15, 0.2) is 0 Å². The highest BCUT2D eigenvalue weighted by Gasteiger charge is 2.19. The van der Waals surface area contributed by atoms with Gasteiger partial charge >= 0.3 is 0 Å². The van der Waals surface area contributed by atoms with Crippen LogP contribution >= 0.6 is 0 Å². The number of ether oxygens (including phenoxy) is 1. The van der Waals surface area contributed by atoms with Gasteiger partial charge in [-0.05, 0) is 67.3 Å². The number of nitrogens with one attached hydrogen (secondary N) is 2. The van der Waals surface area contributed by atoms with Crippen LogP contribution in [0, 0.1) is 0 Å². The zero-order chi connectivity index (χ0) is 23.0. The molecule has 1 amide bonds. The van der Waals surface area contributed by atoms with E-state index in [1.54, 1.807) is 7.11 Å². The fourth-order valence-corrected chi connectivity index (χ4v) is 4.28. The summed E-state index contributed by atoms with van der Waals surface area (Å²) in [6.45, 7) is 4.90. The van der Waals surface area contributed by atoms with Crippen LogP contribution in [-0.2, 0) is 6.54 Å². The molecule has 1 unspecified atom stereocenters. The molecule has 3 aromatic carbocycles. The molecule has 1 fully saturated rings. The third-order valence-corrected chi connectivity index (χ3v) is 6.39. The molecule has 1 aliphatic heterocycles. The lowest BCUT2D eigenvalue weighted by Crippen LogP contribution is -2.42. The van der Waals surface area contributed by atoms with E-state index in [9.17, 15) is 4.79 Å². The van der Waals surface area contributed by atoms with E-state index in [0.717, 1.165) is 43.8 Å². The fourth-order valence-electron chi connectivity index (χ4n) is 4.28. The normalized spacial score (nSPS) is 15.2. The number of carbonyl (C=O) groups excluding carboxylic acids is 1. The number of rotatable bonds is 8. The van der Waals surface area contributed by atoms with Gasteiger partial charge in [-0.15, -0.1) is 0 Å². The van der Waals surface area contributed by atoms with E-state index < -0.39 is 0 Å². The molecule has 0 aromatic heterocycles. The Morgan fingerprint density at radius 1 is 0.970 bits per heavy atom. The number of methoxy groups -OCH3 is 1. The third-order valence-electron chi connectivity index (χ3n) is 6.39. The van der Waals surface area contributed by atoms with Gasteiger partial charge in [0, 0.05) is 36.9 Å². The minimum absolute atomic E-state index is 0.0252. The summed E-state index contributed by atoms with van der Waals surface area (Å²) >= 11 is 0. The average Bonchev–Trinajstić information content (AvgIpc) is 2.88. The van der Waals surface area contributed by atoms with Gasteiger partial charge in [-0.25, -0.2) is 0 Å². The molecule has 5 heteroatoms. The first-order chi connectivity index (χ1) is 16.1. The van der Waals surface area contributed by atoms with Crippen molar-refractivity contribution in [1.29, 1.82) is 0 Å². The summed E-state index contributed by atoms with van der Waals surface area (Å²) in [4.78, 5) is 15.0. The SMILES string of the molecule is COc1ccc(CNC2CCN(c3ccc(C(=O)NC(C)c4ccccc4)cc3)CC2)cc1. The Labute approximate surface area is 196 Å². The predicted molar refractivity (Wildman–Crippen MR) is 134 cm³/mol. The molecule has 1 heterocycles. The van der Waals surface area contributed by atoms with Crippen molar-refractivity contribution in [3.63, 3.8) is 0 Å². The maximum Gasteiger partial charge on any atom is 0.251 e. The molecule has 0 aliphatic carbocycles. The van der Waals surface area contributed by atoms with E-state index in [-0.39, 0.29) is 11.9 Å². The van der Waals surface area contributed by atoms with E-state index in [0.29, 0.717) is 11.6 Å². The summed E-state index contributed by atoms with van der Waals surface area (Å²) < 4.78 is 5.22. The van der Waals surface area contributed by atoms with E-state index in [1.165, 1.54) is 11.3 Å². The fraction of sp³-hybridized carbons (Fsp3) is 0.321. The van der Waals surface area contributed by atoms with Gasteiger partial charge in [-0.3, -0.25) is 4.79 Å². The second-order valence-electron chi connectivity index (χ2n) is 8.64. The van der Waals surface area contributed by atoms with Crippen molar-refractivity contribution in [2.45, 2.75) is 38.4 Å². The molecule has 33 heavy (non-hydrogen) atoms. The highest BCUT2D eigenvalue weighted by atomic mass is 16.5. The van der Waals surface area contributed by atoms with Crippen LogP contribution in [0.3, 0.4) is 0 Å². The summed E-state index contributed by atoms with van der Waals surface area (Å²) in [6.07, 6.45) is 2.21. The summed E-state index contributed by atoms with van der Waals surface area (Å²) in [5.74, 6) is 0.848. The Kier molecular flexibility index (Phi) is 7.63. The van der Waals surface area contributed by atoms with Crippen LogP contribution in [0.2, 0.25) is 0 Å². The lowest BCUT2D eigenvalue weighted by atomic mass is 10.0. The van der Waals surface area contributed by atoms with Gasteiger partial charge in [-0.1, -0.05) is 42.5 Å². The zero-order valence-electron chi connectivity index (χ0n) is 19.5. The van der Waals surface area contributed by atoms with Crippen LogP contribution in [0.15, 0.2) is 78.9 Å². The van der Waals surface area contributed by atoms with Crippen LogP contribution in [0.5, 0.6) is 5.75 Å². The predicted octanol–water partition coefficient (Wildman–Crippen LogP) is 4.94. The number of nitrogens with zero attached hydrogens (tertiary/aromatic N) is 1. The molecule has 1 atom stereocenters. The lowest BCUT2D eigenvalue weighted by Gasteiger charge is -2.34.